The molecule has 1 aromatic heterocycles. The van der Waals surface area contributed by atoms with Crippen LogP contribution in [0, 0.1) is 12.3 Å². The second-order valence-electron chi connectivity index (χ2n) is 6.08. The van der Waals surface area contributed by atoms with Crippen molar-refractivity contribution in [3.8, 4) is 0 Å². The molecule has 0 unspecified atom stereocenters. The number of anilines is 2. The highest BCUT2D eigenvalue weighted by Gasteiger charge is 2.27. The van der Waals surface area contributed by atoms with Crippen LogP contribution in [0.2, 0.25) is 0 Å². The smallest absolute Gasteiger partial charge is 0.140 e. The quantitative estimate of drug-likeness (QED) is 0.864. The Morgan fingerprint density at radius 1 is 1.39 bits per heavy atom. The van der Waals surface area contributed by atoms with Gasteiger partial charge >= 0.3 is 0 Å². The van der Waals surface area contributed by atoms with Gasteiger partial charge in [0, 0.05) is 6.04 Å². The molecule has 18 heavy (non-hydrogen) atoms. The largest absolute Gasteiger partial charge is 0.397 e. The Balaban J connectivity index is 2.05. The number of halogens is 1. The Bertz CT molecular complexity index is 433. The van der Waals surface area contributed by atoms with Gasteiger partial charge in [0.15, 0.2) is 0 Å². The third kappa shape index (κ3) is 2.97. The van der Waals surface area contributed by atoms with Gasteiger partial charge in [-0.05, 0) is 59.5 Å². The fraction of sp³-hybridized carbons (Fsp3) is 0.643. The van der Waals surface area contributed by atoms with Crippen molar-refractivity contribution in [3.63, 3.8) is 0 Å². The monoisotopic (exact) mass is 311 g/mol. The van der Waals surface area contributed by atoms with Crippen LogP contribution in [0.4, 0.5) is 11.5 Å². The molecule has 0 amide bonds. The van der Waals surface area contributed by atoms with Gasteiger partial charge in [0.05, 0.1) is 16.4 Å². The molecule has 0 atom stereocenters. The molecule has 2 rings (SSSR count). The lowest BCUT2D eigenvalue weighted by Crippen LogP contribution is -2.30. The summed E-state index contributed by atoms with van der Waals surface area (Å²) in [5.41, 5.74) is 8.13. The summed E-state index contributed by atoms with van der Waals surface area (Å²) in [6.07, 6.45) is 6.71. The lowest BCUT2D eigenvalue weighted by molar-refractivity contribution is 0.232. The van der Waals surface area contributed by atoms with E-state index < -0.39 is 0 Å². The van der Waals surface area contributed by atoms with Gasteiger partial charge in [-0.25, -0.2) is 4.98 Å². The molecule has 0 spiro atoms. The zero-order chi connectivity index (χ0) is 13.3. The molecule has 0 saturated heterocycles. The summed E-state index contributed by atoms with van der Waals surface area (Å²) in [6.45, 7) is 6.71. The van der Waals surface area contributed by atoms with Crippen LogP contribution in [0.3, 0.4) is 0 Å². The van der Waals surface area contributed by atoms with Gasteiger partial charge in [-0.1, -0.05) is 13.8 Å². The summed E-state index contributed by atoms with van der Waals surface area (Å²) in [4.78, 5) is 4.39. The van der Waals surface area contributed by atoms with Gasteiger partial charge in [-0.15, -0.1) is 0 Å². The predicted molar refractivity (Wildman–Crippen MR) is 80.7 cm³/mol. The summed E-state index contributed by atoms with van der Waals surface area (Å²) in [7, 11) is 0. The maximum Gasteiger partial charge on any atom is 0.140 e. The van der Waals surface area contributed by atoms with E-state index in [4.69, 9.17) is 5.73 Å². The van der Waals surface area contributed by atoms with E-state index in [0.29, 0.717) is 11.5 Å². The first-order chi connectivity index (χ1) is 8.39. The molecular weight excluding hydrogens is 290 g/mol. The third-order valence-electron chi connectivity index (χ3n) is 3.98. The molecule has 0 aromatic carbocycles. The Labute approximate surface area is 118 Å². The van der Waals surface area contributed by atoms with Crippen molar-refractivity contribution >= 4 is 27.4 Å². The molecule has 3 N–H and O–H groups in total. The standard InChI is InChI=1S/C14H22BrN3/c1-9-11(16)8-17-13(12(9)15)18-10-4-6-14(2,3)7-5-10/h8,10H,4-7,16H2,1-3H3,(H,17,18). The van der Waals surface area contributed by atoms with E-state index in [1.165, 1.54) is 25.7 Å². The van der Waals surface area contributed by atoms with Gasteiger partial charge in [0.1, 0.15) is 5.82 Å². The van der Waals surface area contributed by atoms with Crippen LogP contribution in [0.25, 0.3) is 0 Å². The topological polar surface area (TPSA) is 50.9 Å². The number of hydrogen-bond acceptors (Lipinski definition) is 3. The Morgan fingerprint density at radius 2 is 2.00 bits per heavy atom. The molecule has 1 saturated carbocycles. The molecule has 1 fully saturated rings. The lowest BCUT2D eigenvalue weighted by Gasteiger charge is -2.35. The molecule has 4 heteroatoms. The maximum atomic E-state index is 5.84. The highest BCUT2D eigenvalue weighted by molar-refractivity contribution is 9.10. The maximum absolute atomic E-state index is 5.84. The first kappa shape index (κ1) is 13.7. The molecular formula is C14H22BrN3. The van der Waals surface area contributed by atoms with Gasteiger partial charge in [0.2, 0.25) is 0 Å². The molecule has 0 aliphatic heterocycles. The molecule has 1 aliphatic rings. The van der Waals surface area contributed by atoms with Crippen molar-refractivity contribution < 1.29 is 0 Å². The average Bonchev–Trinajstić information content (AvgIpc) is 2.32. The second-order valence-corrected chi connectivity index (χ2v) is 6.88. The van der Waals surface area contributed by atoms with E-state index in [2.05, 4.69) is 40.1 Å². The molecule has 3 nitrogen and oxygen atoms in total. The number of nitrogen functional groups attached to an aromatic ring is 1. The number of nitrogens with two attached hydrogens (primary N) is 1. The molecule has 1 aromatic rings. The second kappa shape index (κ2) is 5.08. The average molecular weight is 312 g/mol. The Morgan fingerprint density at radius 3 is 2.61 bits per heavy atom. The van der Waals surface area contributed by atoms with Crippen molar-refractivity contribution in [1.82, 2.24) is 4.98 Å². The summed E-state index contributed by atoms with van der Waals surface area (Å²) >= 11 is 3.58. The van der Waals surface area contributed by atoms with E-state index in [0.717, 1.165) is 21.5 Å². The minimum atomic E-state index is 0.500. The fourth-order valence-electron chi connectivity index (χ4n) is 2.43. The van der Waals surface area contributed by atoms with Crippen LogP contribution in [0.1, 0.15) is 45.1 Å². The molecule has 100 valence electrons. The van der Waals surface area contributed by atoms with Crippen LogP contribution >= 0.6 is 15.9 Å². The highest BCUT2D eigenvalue weighted by atomic mass is 79.9. The molecule has 1 aliphatic carbocycles. The number of nitrogens with one attached hydrogen (secondary N) is 1. The predicted octanol–water partition coefficient (Wildman–Crippen LogP) is 4.12. The number of nitrogens with zero attached hydrogens (tertiary/aromatic N) is 1. The van der Waals surface area contributed by atoms with Crippen LogP contribution in [0.15, 0.2) is 10.7 Å². The summed E-state index contributed by atoms with van der Waals surface area (Å²) < 4.78 is 0.993. The van der Waals surface area contributed by atoms with E-state index >= 15 is 0 Å². The Kier molecular flexibility index (Phi) is 3.85. The van der Waals surface area contributed by atoms with Crippen LogP contribution in [0.5, 0.6) is 0 Å². The molecule has 0 radical (unpaired) electrons. The van der Waals surface area contributed by atoms with Gasteiger partial charge in [0.25, 0.3) is 0 Å². The first-order valence-corrected chi connectivity index (χ1v) is 7.35. The van der Waals surface area contributed by atoms with E-state index in [1.807, 2.05) is 6.92 Å². The van der Waals surface area contributed by atoms with E-state index in [9.17, 15) is 0 Å². The Hall–Kier alpha value is -0.770. The van der Waals surface area contributed by atoms with Crippen LogP contribution in [-0.2, 0) is 0 Å². The third-order valence-corrected chi connectivity index (χ3v) is 4.95. The number of aromatic nitrogens is 1. The SMILES string of the molecule is Cc1c(N)cnc(NC2CCC(C)(C)CC2)c1Br. The normalized spacial score (nSPS) is 19.8. The van der Waals surface area contributed by atoms with E-state index in [1.54, 1.807) is 6.20 Å². The lowest BCUT2D eigenvalue weighted by atomic mass is 9.75. The number of pyridine rings is 1. The number of rotatable bonds is 2. The molecule has 1 heterocycles. The summed E-state index contributed by atoms with van der Waals surface area (Å²) in [5, 5.41) is 3.54. The first-order valence-electron chi connectivity index (χ1n) is 6.56. The van der Waals surface area contributed by atoms with Gasteiger partial charge < -0.3 is 11.1 Å². The summed E-state index contributed by atoms with van der Waals surface area (Å²) in [6, 6.07) is 0.532. The van der Waals surface area contributed by atoms with E-state index in [-0.39, 0.29) is 0 Å². The van der Waals surface area contributed by atoms with Crippen LogP contribution in [-0.4, -0.2) is 11.0 Å². The van der Waals surface area contributed by atoms with Crippen molar-refractivity contribution in [2.24, 2.45) is 5.41 Å². The van der Waals surface area contributed by atoms with Crippen molar-refractivity contribution in [2.45, 2.75) is 52.5 Å². The highest BCUT2D eigenvalue weighted by Crippen LogP contribution is 2.37. The zero-order valence-electron chi connectivity index (χ0n) is 11.4. The minimum Gasteiger partial charge on any atom is -0.397 e. The van der Waals surface area contributed by atoms with Crippen LogP contribution < -0.4 is 11.1 Å². The number of hydrogen-bond donors (Lipinski definition) is 2. The summed E-state index contributed by atoms with van der Waals surface area (Å²) in [5.74, 6) is 0.923. The molecule has 0 bridgehead atoms. The fourth-order valence-corrected chi connectivity index (χ4v) is 2.88. The minimum absolute atomic E-state index is 0.500. The van der Waals surface area contributed by atoms with Crippen molar-refractivity contribution in [2.75, 3.05) is 11.1 Å². The van der Waals surface area contributed by atoms with Gasteiger partial charge in [-0.3, -0.25) is 0 Å². The van der Waals surface area contributed by atoms with Crippen molar-refractivity contribution in [3.05, 3.63) is 16.2 Å². The zero-order valence-corrected chi connectivity index (χ0v) is 13.0. The van der Waals surface area contributed by atoms with Crippen molar-refractivity contribution in [1.29, 1.82) is 0 Å². The van der Waals surface area contributed by atoms with Gasteiger partial charge in [-0.2, -0.15) is 0 Å².